The van der Waals surface area contributed by atoms with E-state index in [-0.39, 0.29) is 65.4 Å². The van der Waals surface area contributed by atoms with Crippen molar-refractivity contribution in [3.8, 4) is 0 Å². The molecule has 0 unspecified atom stereocenters. The van der Waals surface area contributed by atoms with Gasteiger partial charge in [0.2, 0.25) is 0 Å². The van der Waals surface area contributed by atoms with E-state index in [0.29, 0.717) is 5.92 Å². The quantitative estimate of drug-likeness (QED) is 0.674. The fourth-order valence-corrected chi connectivity index (χ4v) is 2.11. The van der Waals surface area contributed by atoms with E-state index in [1.165, 1.54) is 22.3 Å². The van der Waals surface area contributed by atoms with E-state index in [9.17, 15) is 0 Å². The minimum atomic E-state index is 0. The Morgan fingerprint density at radius 1 is 1.11 bits per heavy atom. The van der Waals surface area contributed by atoms with E-state index in [0.717, 1.165) is 6.42 Å². The Bertz CT molecular complexity index is 490. The zero-order valence-corrected chi connectivity index (χ0v) is 17.6. The van der Waals surface area contributed by atoms with Gasteiger partial charge >= 0.3 is 0 Å². The Balaban J connectivity index is 0.00000162. The van der Waals surface area contributed by atoms with Gasteiger partial charge in [0.05, 0.1) is 0 Å². The van der Waals surface area contributed by atoms with Gasteiger partial charge in [-0.25, -0.2) is 0 Å². The summed E-state index contributed by atoms with van der Waals surface area (Å²) in [4.78, 5) is 0. The van der Waals surface area contributed by atoms with Gasteiger partial charge in [-0.3, -0.25) is 17.7 Å². The van der Waals surface area contributed by atoms with Crippen LogP contribution in [-0.4, -0.2) is 0 Å². The first-order valence-corrected chi connectivity index (χ1v) is 6.13. The Morgan fingerprint density at radius 2 is 1.84 bits per heavy atom. The number of rotatable bonds is 3. The van der Waals surface area contributed by atoms with Crippen LogP contribution in [0.25, 0.3) is 0 Å². The molecule has 0 spiro atoms. The Morgan fingerprint density at radius 3 is 2.42 bits per heavy atom. The summed E-state index contributed by atoms with van der Waals surface area (Å²) < 4.78 is 0. The summed E-state index contributed by atoms with van der Waals surface area (Å²) in [5.41, 5.74) is 5.43. The third kappa shape index (κ3) is 5.88. The van der Waals surface area contributed by atoms with Gasteiger partial charge < -0.3 is 18.2 Å². The minimum absolute atomic E-state index is 0. The molecule has 0 N–H and O–H groups in total. The van der Waals surface area contributed by atoms with Crippen molar-refractivity contribution in [3.05, 3.63) is 70.8 Å². The van der Waals surface area contributed by atoms with Gasteiger partial charge in [-0.1, -0.05) is 37.6 Å². The summed E-state index contributed by atoms with van der Waals surface area (Å²) in [6, 6.07) is 18.9. The van der Waals surface area contributed by atoms with Crippen molar-refractivity contribution in [3.63, 3.8) is 0 Å². The zero-order chi connectivity index (χ0) is 12.3. The van der Waals surface area contributed by atoms with E-state index in [1.807, 2.05) is 12.1 Å². The van der Waals surface area contributed by atoms with E-state index >= 15 is 0 Å². The first kappa shape index (κ1) is 19.6. The molecule has 0 fully saturated rings. The van der Waals surface area contributed by atoms with E-state index in [1.54, 1.807) is 0 Å². The number of hydrogen-bond donors (Lipinski definition) is 0. The number of hydrogen-bond acceptors (Lipinski definition) is 0. The smallest absolute Gasteiger partial charge is 0 e. The molecule has 0 nitrogen and oxygen atoms in total. The third-order valence-electron chi connectivity index (χ3n) is 3.03. The SMILES string of the molecule is Cc1ccc(Cc2[c-]c[c-]cc2)c(C(C)C)c1.[Y].[Y]. The van der Waals surface area contributed by atoms with Gasteiger partial charge in [-0.05, 0) is 30.4 Å². The van der Waals surface area contributed by atoms with Crippen LogP contribution in [0, 0.1) is 19.1 Å². The molecule has 2 rings (SSSR count). The molecule has 2 heteroatoms. The second kappa shape index (κ2) is 9.56. The Kier molecular flexibility index (Phi) is 9.89. The fraction of sp³-hybridized carbons (Fsp3) is 0.294. The van der Waals surface area contributed by atoms with Gasteiger partial charge in [0.1, 0.15) is 0 Å². The van der Waals surface area contributed by atoms with Crippen molar-refractivity contribution in [1.29, 1.82) is 0 Å². The molecular formula is C17H18Y2-2. The molecule has 2 radical (unpaired) electrons. The molecule has 0 atom stereocenters. The molecule has 0 aromatic heterocycles. The summed E-state index contributed by atoms with van der Waals surface area (Å²) in [5.74, 6) is 0.570. The average molecular weight is 400 g/mol. The minimum Gasteiger partial charge on any atom is -0.359 e. The zero-order valence-electron chi connectivity index (χ0n) is 11.9. The van der Waals surface area contributed by atoms with Crippen LogP contribution in [-0.2, 0) is 71.8 Å². The van der Waals surface area contributed by atoms with Gasteiger partial charge in [-0.15, -0.1) is 0 Å². The second-order valence-corrected chi connectivity index (χ2v) is 4.85. The summed E-state index contributed by atoms with van der Waals surface area (Å²) in [5, 5.41) is 0. The van der Waals surface area contributed by atoms with Crippen LogP contribution >= 0.6 is 0 Å². The standard InChI is InChI=1S/C17H18.2Y/c1-13(2)17-11-14(3)9-10-16(17)12-15-7-5-4-6-8-15;;/h5-7,9-11,13H,12H2,1-3H3;;/q-2;;. The summed E-state index contributed by atoms with van der Waals surface area (Å²) in [7, 11) is 0. The molecule has 0 amide bonds. The Hall–Kier alpha value is 0.648. The van der Waals surface area contributed by atoms with Gasteiger partial charge in [0.25, 0.3) is 0 Å². The molecular weight excluding hydrogens is 382 g/mol. The molecule has 94 valence electrons. The normalized spacial score (nSPS) is 9.68. The first-order chi connectivity index (χ1) is 8.16. The van der Waals surface area contributed by atoms with Crippen LogP contribution in [0.3, 0.4) is 0 Å². The predicted molar refractivity (Wildman–Crippen MR) is 72.2 cm³/mol. The van der Waals surface area contributed by atoms with Gasteiger partial charge in [-0.2, -0.15) is 0 Å². The van der Waals surface area contributed by atoms with Crippen LogP contribution in [0.2, 0.25) is 0 Å². The van der Waals surface area contributed by atoms with E-state index in [4.69, 9.17) is 0 Å². The molecule has 2 aromatic rings. The van der Waals surface area contributed by atoms with Gasteiger partial charge in [0.15, 0.2) is 0 Å². The van der Waals surface area contributed by atoms with Crippen LogP contribution in [0.4, 0.5) is 0 Å². The maximum atomic E-state index is 3.24. The van der Waals surface area contributed by atoms with Crippen molar-refractivity contribution in [2.75, 3.05) is 0 Å². The molecule has 2 aromatic carbocycles. The van der Waals surface area contributed by atoms with Crippen molar-refractivity contribution >= 4 is 0 Å². The molecule has 0 aliphatic carbocycles. The largest absolute Gasteiger partial charge is 0.359 e. The number of benzene rings is 2. The molecule has 0 saturated heterocycles. The van der Waals surface area contributed by atoms with Crippen molar-refractivity contribution in [2.45, 2.75) is 33.1 Å². The number of aryl methyl sites for hydroxylation is 1. The van der Waals surface area contributed by atoms with E-state index in [2.05, 4.69) is 57.2 Å². The predicted octanol–water partition coefficient (Wildman–Crippen LogP) is 4.30. The van der Waals surface area contributed by atoms with Crippen LogP contribution in [0.5, 0.6) is 0 Å². The van der Waals surface area contributed by atoms with Gasteiger partial charge in [0, 0.05) is 65.4 Å². The summed E-state index contributed by atoms with van der Waals surface area (Å²) in [6.07, 6.45) is 0.961. The van der Waals surface area contributed by atoms with Crippen LogP contribution in [0.15, 0.2) is 36.4 Å². The maximum Gasteiger partial charge on any atom is 0 e. The molecule has 0 aliphatic rings. The van der Waals surface area contributed by atoms with Crippen LogP contribution in [0.1, 0.15) is 42.0 Å². The average Bonchev–Trinajstić information content (AvgIpc) is 2.32. The monoisotopic (exact) mass is 400 g/mol. The third-order valence-corrected chi connectivity index (χ3v) is 3.03. The molecule has 0 heterocycles. The summed E-state index contributed by atoms with van der Waals surface area (Å²) >= 11 is 0. The van der Waals surface area contributed by atoms with E-state index < -0.39 is 0 Å². The fourth-order valence-electron chi connectivity index (χ4n) is 2.11. The van der Waals surface area contributed by atoms with Crippen molar-refractivity contribution in [2.24, 2.45) is 0 Å². The summed E-state index contributed by atoms with van der Waals surface area (Å²) in [6.45, 7) is 6.65. The maximum absolute atomic E-state index is 3.24. The van der Waals surface area contributed by atoms with Crippen molar-refractivity contribution < 1.29 is 65.4 Å². The molecule has 0 bridgehead atoms. The van der Waals surface area contributed by atoms with Crippen LogP contribution < -0.4 is 0 Å². The molecule has 0 aliphatic heterocycles. The first-order valence-electron chi connectivity index (χ1n) is 6.13. The Labute approximate surface area is 167 Å². The van der Waals surface area contributed by atoms with Crippen molar-refractivity contribution in [1.82, 2.24) is 0 Å². The second-order valence-electron chi connectivity index (χ2n) is 4.85. The topological polar surface area (TPSA) is 0 Å². The molecule has 19 heavy (non-hydrogen) atoms. The molecule has 0 saturated carbocycles.